The second-order valence-corrected chi connectivity index (χ2v) is 8.27. The predicted octanol–water partition coefficient (Wildman–Crippen LogP) is 5.29. The second-order valence-electron chi connectivity index (χ2n) is 8.27. The molecule has 0 radical (unpaired) electrons. The van der Waals surface area contributed by atoms with Gasteiger partial charge in [-0.15, -0.1) is 10.2 Å². The molecule has 0 N–H and O–H groups in total. The summed E-state index contributed by atoms with van der Waals surface area (Å²) < 4.78 is 1.83. The van der Waals surface area contributed by atoms with Gasteiger partial charge in [0.1, 0.15) is 12.1 Å². The fourth-order valence-electron chi connectivity index (χ4n) is 4.15. The zero-order valence-corrected chi connectivity index (χ0v) is 17.5. The lowest BCUT2D eigenvalue weighted by Gasteiger charge is -2.21. The summed E-state index contributed by atoms with van der Waals surface area (Å²) in [7, 11) is 2.03. The molecule has 3 heterocycles. The minimum Gasteiger partial charge on any atom is -0.329 e. The topological polar surface area (TPSA) is 59.2 Å². The van der Waals surface area contributed by atoms with E-state index in [9.17, 15) is 0 Å². The molecular weight excluding hydrogens is 384 g/mol. The Bertz CT molecular complexity index is 1420. The van der Waals surface area contributed by atoms with Crippen LogP contribution in [0.5, 0.6) is 0 Å². The van der Waals surface area contributed by atoms with Crippen LogP contribution in [-0.2, 0) is 0 Å². The van der Waals surface area contributed by atoms with Gasteiger partial charge in [0.2, 0.25) is 0 Å². The number of hydrogen-bond acceptors (Lipinski definition) is 5. The Kier molecular flexibility index (Phi) is 3.99. The zero-order chi connectivity index (χ0) is 20.9. The molecule has 0 spiro atoms. The maximum atomic E-state index is 4.78. The molecular formula is C25H22N6. The van der Waals surface area contributed by atoms with Crippen LogP contribution in [0.2, 0.25) is 0 Å². The van der Waals surface area contributed by atoms with Gasteiger partial charge in [0.25, 0.3) is 5.78 Å². The van der Waals surface area contributed by atoms with Crippen molar-refractivity contribution in [3.63, 3.8) is 0 Å². The summed E-state index contributed by atoms with van der Waals surface area (Å²) in [6.07, 6.45) is 4.31. The minimum atomic E-state index is 0.541. The SMILES string of the molecule is Cc1ccc2c(N(C)c3cccc(-c4ccc(C5CC5)cc4)c3)nc3nncn3c2n1. The van der Waals surface area contributed by atoms with Crippen LogP contribution in [0.4, 0.5) is 11.5 Å². The monoisotopic (exact) mass is 406 g/mol. The summed E-state index contributed by atoms with van der Waals surface area (Å²) in [5.41, 5.74) is 6.68. The molecule has 0 bridgehead atoms. The molecule has 31 heavy (non-hydrogen) atoms. The molecule has 2 aromatic carbocycles. The summed E-state index contributed by atoms with van der Waals surface area (Å²) >= 11 is 0. The molecule has 6 nitrogen and oxygen atoms in total. The Morgan fingerprint density at radius 2 is 1.77 bits per heavy atom. The van der Waals surface area contributed by atoms with Crippen LogP contribution in [0.15, 0.2) is 67.0 Å². The van der Waals surface area contributed by atoms with Crippen molar-refractivity contribution < 1.29 is 0 Å². The number of hydrogen-bond donors (Lipinski definition) is 0. The largest absolute Gasteiger partial charge is 0.329 e. The van der Waals surface area contributed by atoms with Crippen molar-refractivity contribution in [2.24, 2.45) is 0 Å². The fraction of sp³-hybridized carbons (Fsp3) is 0.200. The van der Waals surface area contributed by atoms with E-state index in [2.05, 4.69) is 69.7 Å². The van der Waals surface area contributed by atoms with E-state index in [1.54, 1.807) is 6.33 Å². The highest BCUT2D eigenvalue weighted by Crippen LogP contribution is 2.40. The van der Waals surface area contributed by atoms with Crippen LogP contribution in [0.1, 0.15) is 30.0 Å². The highest BCUT2D eigenvalue weighted by atomic mass is 15.3. The first-order chi connectivity index (χ1) is 15.2. The number of nitrogens with zero attached hydrogens (tertiary/aromatic N) is 6. The number of rotatable bonds is 4. The molecule has 6 rings (SSSR count). The van der Waals surface area contributed by atoms with Gasteiger partial charge in [0.05, 0.1) is 5.39 Å². The quantitative estimate of drug-likeness (QED) is 0.406. The number of aromatic nitrogens is 5. The Morgan fingerprint density at radius 1 is 0.935 bits per heavy atom. The molecule has 6 heteroatoms. The average molecular weight is 406 g/mol. The third-order valence-electron chi connectivity index (χ3n) is 6.06. The van der Waals surface area contributed by atoms with Gasteiger partial charge in [-0.1, -0.05) is 36.4 Å². The lowest BCUT2D eigenvalue weighted by molar-refractivity contribution is 1.07. The molecule has 3 aromatic heterocycles. The summed E-state index contributed by atoms with van der Waals surface area (Å²) in [4.78, 5) is 11.6. The van der Waals surface area contributed by atoms with E-state index in [0.717, 1.165) is 34.2 Å². The standard InChI is InChI=1S/C25H22N6/c1-16-6-13-22-23(28-25-29-26-15-31(25)24(22)27-16)30(2)21-5-3-4-20(14-21)19-11-9-18(10-12-19)17-7-8-17/h3-6,9-15,17H,7-8H2,1-2H3. The van der Waals surface area contributed by atoms with Crippen molar-refractivity contribution >= 4 is 28.3 Å². The minimum absolute atomic E-state index is 0.541. The molecule has 0 atom stereocenters. The molecule has 5 aromatic rings. The third-order valence-corrected chi connectivity index (χ3v) is 6.06. The van der Waals surface area contributed by atoms with Gasteiger partial charge in [0.15, 0.2) is 5.65 Å². The van der Waals surface area contributed by atoms with Crippen molar-refractivity contribution in [3.8, 4) is 11.1 Å². The Balaban J connectivity index is 1.43. The van der Waals surface area contributed by atoms with E-state index < -0.39 is 0 Å². The van der Waals surface area contributed by atoms with E-state index >= 15 is 0 Å². The van der Waals surface area contributed by atoms with Crippen LogP contribution in [0.3, 0.4) is 0 Å². The first-order valence-electron chi connectivity index (χ1n) is 10.6. The first kappa shape index (κ1) is 18.0. The number of pyridine rings is 1. The van der Waals surface area contributed by atoms with E-state index in [1.807, 2.05) is 24.4 Å². The van der Waals surface area contributed by atoms with Crippen LogP contribution in [-0.4, -0.2) is 31.6 Å². The number of aryl methyl sites for hydroxylation is 1. The second kappa shape index (κ2) is 6.87. The first-order valence-corrected chi connectivity index (χ1v) is 10.6. The molecule has 0 amide bonds. The van der Waals surface area contributed by atoms with Crippen LogP contribution in [0.25, 0.3) is 27.9 Å². The van der Waals surface area contributed by atoms with E-state index in [0.29, 0.717) is 5.78 Å². The molecule has 1 fully saturated rings. The van der Waals surface area contributed by atoms with Crippen LogP contribution < -0.4 is 4.90 Å². The summed E-state index contributed by atoms with van der Waals surface area (Å²) in [5.74, 6) is 2.12. The highest BCUT2D eigenvalue weighted by Gasteiger charge is 2.23. The van der Waals surface area contributed by atoms with E-state index in [-0.39, 0.29) is 0 Å². The van der Waals surface area contributed by atoms with Gasteiger partial charge in [-0.25, -0.2) is 9.38 Å². The van der Waals surface area contributed by atoms with Crippen LogP contribution >= 0.6 is 0 Å². The van der Waals surface area contributed by atoms with Crippen molar-refractivity contribution in [2.45, 2.75) is 25.7 Å². The average Bonchev–Trinajstić information content (AvgIpc) is 3.55. The highest BCUT2D eigenvalue weighted by molar-refractivity contribution is 5.91. The third kappa shape index (κ3) is 3.11. The van der Waals surface area contributed by atoms with E-state index in [4.69, 9.17) is 9.97 Å². The molecule has 0 aliphatic heterocycles. The molecule has 1 aliphatic carbocycles. The van der Waals surface area contributed by atoms with Gasteiger partial charge in [-0.3, -0.25) is 0 Å². The maximum absolute atomic E-state index is 4.78. The Labute approximate surface area is 180 Å². The summed E-state index contributed by atoms with van der Waals surface area (Å²) in [5, 5.41) is 9.14. The predicted molar refractivity (Wildman–Crippen MR) is 123 cm³/mol. The van der Waals surface area contributed by atoms with Gasteiger partial charge >= 0.3 is 0 Å². The fourth-order valence-corrected chi connectivity index (χ4v) is 4.15. The Hall–Kier alpha value is -3.80. The van der Waals surface area contributed by atoms with Gasteiger partial charge < -0.3 is 4.90 Å². The lowest BCUT2D eigenvalue weighted by atomic mass is 10.0. The lowest BCUT2D eigenvalue weighted by Crippen LogP contribution is -2.13. The summed E-state index contributed by atoms with van der Waals surface area (Å²) in [6, 6.07) is 21.6. The van der Waals surface area contributed by atoms with Crippen molar-refractivity contribution in [2.75, 3.05) is 11.9 Å². The number of anilines is 2. The molecule has 0 saturated heterocycles. The smallest absolute Gasteiger partial charge is 0.258 e. The molecule has 1 aliphatic rings. The van der Waals surface area contributed by atoms with Gasteiger partial charge in [-0.2, -0.15) is 4.98 Å². The zero-order valence-electron chi connectivity index (χ0n) is 17.5. The van der Waals surface area contributed by atoms with Crippen molar-refractivity contribution in [1.29, 1.82) is 0 Å². The van der Waals surface area contributed by atoms with E-state index in [1.165, 1.54) is 29.5 Å². The van der Waals surface area contributed by atoms with Gasteiger partial charge in [0, 0.05) is 18.4 Å². The number of fused-ring (bicyclic) bond motifs is 3. The van der Waals surface area contributed by atoms with Crippen molar-refractivity contribution in [3.05, 3.63) is 78.2 Å². The Morgan fingerprint density at radius 3 is 2.58 bits per heavy atom. The number of benzene rings is 2. The summed E-state index contributed by atoms with van der Waals surface area (Å²) in [6.45, 7) is 1.98. The van der Waals surface area contributed by atoms with Crippen molar-refractivity contribution in [1.82, 2.24) is 24.6 Å². The molecule has 1 saturated carbocycles. The van der Waals surface area contributed by atoms with Crippen LogP contribution in [0, 0.1) is 6.92 Å². The van der Waals surface area contributed by atoms with Gasteiger partial charge in [-0.05, 0) is 66.6 Å². The normalized spacial score (nSPS) is 13.7. The molecule has 152 valence electrons. The maximum Gasteiger partial charge on any atom is 0.258 e. The molecule has 0 unspecified atom stereocenters.